The highest BCUT2D eigenvalue weighted by molar-refractivity contribution is 7.90. The first kappa shape index (κ1) is 25.4. The highest BCUT2D eigenvalue weighted by Crippen LogP contribution is 2.46. The Hall–Kier alpha value is -3.93. The number of carboxylic acids is 1. The van der Waals surface area contributed by atoms with Crippen molar-refractivity contribution in [3.05, 3.63) is 66.1 Å². The van der Waals surface area contributed by atoms with E-state index < -0.39 is 39.6 Å². The number of carbonyl (C=O) groups is 1. The number of nitrogens with zero attached hydrogens (tertiary/aromatic N) is 4. The number of fused-ring (bicyclic) bond motifs is 4. The van der Waals surface area contributed by atoms with Gasteiger partial charge in [0.1, 0.15) is 5.82 Å². The molecule has 0 saturated heterocycles. The molecule has 3 heterocycles. The van der Waals surface area contributed by atoms with E-state index in [1.165, 1.54) is 18.3 Å². The number of pyridine rings is 1. The summed E-state index contributed by atoms with van der Waals surface area (Å²) in [6.07, 6.45) is 6.44. The zero-order valence-corrected chi connectivity index (χ0v) is 21.7. The number of hydrogen-bond acceptors (Lipinski definition) is 7. The van der Waals surface area contributed by atoms with Crippen LogP contribution in [0.2, 0.25) is 0 Å². The first-order valence-electron chi connectivity index (χ1n) is 12.6. The number of aromatic nitrogens is 4. The molecule has 0 unspecified atom stereocenters. The summed E-state index contributed by atoms with van der Waals surface area (Å²) in [6.45, 7) is 1.83. The third kappa shape index (κ3) is 4.32. The summed E-state index contributed by atoms with van der Waals surface area (Å²) in [6, 6.07) is 6.87. The maximum atomic E-state index is 14.9. The fourth-order valence-electron chi connectivity index (χ4n) is 6.01. The van der Waals surface area contributed by atoms with Crippen molar-refractivity contribution in [2.24, 2.45) is 17.8 Å². The lowest BCUT2D eigenvalue weighted by Crippen LogP contribution is -2.51. The lowest BCUT2D eigenvalue weighted by molar-refractivity contribution is -0.148. The number of rotatable bonds is 6. The van der Waals surface area contributed by atoms with Crippen molar-refractivity contribution in [3.8, 4) is 11.4 Å². The predicted molar refractivity (Wildman–Crippen MR) is 138 cm³/mol. The second-order valence-electron chi connectivity index (χ2n) is 10.3. The van der Waals surface area contributed by atoms with Crippen LogP contribution in [0.5, 0.6) is 0 Å². The molecule has 0 spiro atoms. The Balaban J connectivity index is 1.44. The van der Waals surface area contributed by atoms with Crippen LogP contribution in [-0.2, 0) is 14.8 Å². The molecule has 2 bridgehead atoms. The molecule has 3 aromatic heterocycles. The molecule has 12 heteroatoms. The Morgan fingerprint density at radius 1 is 1.05 bits per heavy atom. The van der Waals surface area contributed by atoms with Crippen molar-refractivity contribution in [2.75, 3.05) is 5.32 Å². The number of carboxylic acid groups (broad SMARTS) is 1. The largest absolute Gasteiger partial charge is 0.481 e. The van der Waals surface area contributed by atoms with Gasteiger partial charge in [0.2, 0.25) is 0 Å². The van der Waals surface area contributed by atoms with Gasteiger partial charge in [-0.2, -0.15) is 0 Å². The molecule has 2 N–H and O–H groups in total. The van der Waals surface area contributed by atoms with Crippen molar-refractivity contribution in [1.29, 1.82) is 0 Å². The normalized spacial score (nSPS) is 22.7. The van der Waals surface area contributed by atoms with E-state index in [1.807, 2.05) is 6.92 Å². The maximum absolute atomic E-state index is 14.9. The predicted octanol–water partition coefficient (Wildman–Crippen LogP) is 4.62. The molecule has 3 saturated carbocycles. The van der Waals surface area contributed by atoms with Crippen LogP contribution >= 0.6 is 0 Å². The van der Waals surface area contributed by atoms with Gasteiger partial charge in [-0.3, -0.25) is 4.79 Å². The van der Waals surface area contributed by atoms with Crippen molar-refractivity contribution in [1.82, 2.24) is 18.9 Å². The Bertz CT molecular complexity index is 1700. The molecule has 1 aromatic carbocycles. The average Bonchev–Trinajstić information content (AvgIpc) is 3.30. The van der Waals surface area contributed by atoms with Gasteiger partial charge in [-0.05, 0) is 62.6 Å². The smallest absolute Gasteiger partial charge is 0.308 e. The standard InChI is InChI=1S/C27H25F2N5O4S/c1-14-2-8-18(9-3-14)39(37,38)34-13-20(19-10-17(28)11-31-26(19)34)24-30-12-21(29)25(33-24)32-23-16-6-4-15(5-7-16)22(23)27(35)36/h2-3,8-13,15-16,22-23H,4-7H2,1H3,(H,35,36)(H,30,32,33)/t15-,16+,22-,23-/m0/s1. The quantitative estimate of drug-likeness (QED) is 0.354. The fraction of sp³-hybridized carbons (Fsp3) is 0.333. The van der Waals surface area contributed by atoms with Crippen LogP contribution in [0.4, 0.5) is 14.6 Å². The molecule has 3 aliphatic rings. The number of hydrogen-bond donors (Lipinski definition) is 2. The monoisotopic (exact) mass is 553 g/mol. The van der Waals surface area contributed by atoms with Crippen LogP contribution in [-0.4, -0.2) is 44.5 Å². The van der Waals surface area contributed by atoms with Crippen LogP contribution in [0.25, 0.3) is 22.4 Å². The maximum Gasteiger partial charge on any atom is 0.308 e. The summed E-state index contributed by atoms with van der Waals surface area (Å²) < 4.78 is 57.1. The van der Waals surface area contributed by atoms with E-state index in [1.54, 1.807) is 12.1 Å². The number of halogens is 2. The molecular formula is C27H25F2N5O4S. The van der Waals surface area contributed by atoms with E-state index in [0.717, 1.165) is 53.7 Å². The molecule has 3 fully saturated rings. The van der Waals surface area contributed by atoms with Gasteiger partial charge in [0.25, 0.3) is 10.0 Å². The van der Waals surface area contributed by atoms with Gasteiger partial charge in [-0.15, -0.1) is 0 Å². The van der Waals surface area contributed by atoms with E-state index >= 15 is 0 Å². The lowest BCUT2D eigenvalue weighted by atomic mass is 9.61. The number of benzene rings is 1. The summed E-state index contributed by atoms with van der Waals surface area (Å²) in [7, 11) is -4.12. The highest BCUT2D eigenvalue weighted by atomic mass is 32.2. The second-order valence-corrected chi connectivity index (χ2v) is 12.1. The molecule has 4 aromatic rings. The van der Waals surface area contributed by atoms with E-state index in [-0.39, 0.29) is 45.0 Å². The van der Waals surface area contributed by atoms with Crippen LogP contribution in [0.3, 0.4) is 0 Å². The van der Waals surface area contributed by atoms with Gasteiger partial charge in [0.15, 0.2) is 23.1 Å². The molecule has 7 rings (SSSR count). The zero-order chi connectivity index (χ0) is 27.5. The molecule has 2 atom stereocenters. The molecule has 3 aliphatic carbocycles. The summed E-state index contributed by atoms with van der Waals surface area (Å²) in [4.78, 5) is 24.5. The van der Waals surface area contributed by atoms with Crippen molar-refractivity contribution < 1.29 is 27.1 Å². The first-order chi connectivity index (χ1) is 18.6. The van der Waals surface area contributed by atoms with E-state index in [2.05, 4.69) is 20.3 Å². The zero-order valence-electron chi connectivity index (χ0n) is 20.9. The minimum atomic E-state index is -4.12. The number of aryl methyl sites for hydroxylation is 1. The second kappa shape index (κ2) is 9.37. The summed E-state index contributed by atoms with van der Waals surface area (Å²) >= 11 is 0. The van der Waals surface area contributed by atoms with E-state index in [0.29, 0.717) is 0 Å². The summed E-state index contributed by atoms with van der Waals surface area (Å²) in [5.41, 5.74) is 0.976. The molecule has 0 aliphatic heterocycles. The molecule has 0 radical (unpaired) electrons. The van der Waals surface area contributed by atoms with Crippen LogP contribution in [0, 0.1) is 36.3 Å². The Labute approximate surface area is 223 Å². The molecule has 0 amide bonds. The Kier molecular flexibility index (Phi) is 6.09. The van der Waals surface area contributed by atoms with Gasteiger partial charge >= 0.3 is 5.97 Å². The SMILES string of the molecule is Cc1ccc(S(=O)(=O)n2cc(-c3ncc(F)c(N[C@H]4[C@H]5CC[C@H](CC5)[C@@H]4C(=O)O)n3)c3cc(F)cnc32)cc1. The summed E-state index contributed by atoms with van der Waals surface area (Å²) in [5.74, 6) is -3.24. The average molecular weight is 554 g/mol. The van der Waals surface area contributed by atoms with Crippen molar-refractivity contribution >= 4 is 32.8 Å². The molecule has 9 nitrogen and oxygen atoms in total. The van der Waals surface area contributed by atoms with Crippen LogP contribution in [0.1, 0.15) is 31.2 Å². The van der Waals surface area contributed by atoms with Crippen LogP contribution in [0.15, 0.2) is 53.8 Å². The Morgan fingerprint density at radius 3 is 2.44 bits per heavy atom. The molecule has 202 valence electrons. The summed E-state index contributed by atoms with van der Waals surface area (Å²) in [5, 5.41) is 13.0. The van der Waals surface area contributed by atoms with E-state index in [9.17, 15) is 27.1 Å². The van der Waals surface area contributed by atoms with Crippen molar-refractivity contribution in [3.63, 3.8) is 0 Å². The number of anilines is 1. The van der Waals surface area contributed by atoms with Gasteiger partial charge in [-0.1, -0.05) is 17.7 Å². The topological polar surface area (TPSA) is 127 Å². The fourth-order valence-corrected chi connectivity index (χ4v) is 7.33. The van der Waals surface area contributed by atoms with Gasteiger partial charge in [0, 0.05) is 23.2 Å². The minimum Gasteiger partial charge on any atom is -0.481 e. The molecular weight excluding hydrogens is 528 g/mol. The van der Waals surface area contributed by atoms with Crippen LogP contribution < -0.4 is 5.32 Å². The van der Waals surface area contributed by atoms with Gasteiger partial charge < -0.3 is 10.4 Å². The van der Waals surface area contributed by atoms with E-state index in [4.69, 9.17) is 0 Å². The van der Waals surface area contributed by atoms with Gasteiger partial charge in [-0.25, -0.2) is 36.1 Å². The third-order valence-corrected chi connectivity index (χ3v) is 9.61. The lowest BCUT2D eigenvalue weighted by Gasteiger charge is -2.47. The first-order valence-corrected chi connectivity index (χ1v) is 14.1. The number of nitrogens with one attached hydrogen (secondary N) is 1. The molecule has 39 heavy (non-hydrogen) atoms. The van der Waals surface area contributed by atoms with Gasteiger partial charge in [0.05, 0.1) is 23.2 Å². The van der Waals surface area contributed by atoms with Crippen molar-refractivity contribution in [2.45, 2.75) is 43.5 Å². The third-order valence-electron chi connectivity index (χ3n) is 7.95. The number of aliphatic carboxylic acids is 1. The highest BCUT2D eigenvalue weighted by Gasteiger charge is 2.47. The Morgan fingerprint density at radius 2 is 1.74 bits per heavy atom. The minimum absolute atomic E-state index is 0.00775.